The second-order valence-electron chi connectivity index (χ2n) is 6.70. The van der Waals surface area contributed by atoms with Crippen LogP contribution in [-0.2, 0) is 20.6 Å². The summed E-state index contributed by atoms with van der Waals surface area (Å²) < 4.78 is 17.7. The van der Waals surface area contributed by atoms with Gasteiger partial charge in [0.05, 0.1) is 12.7 Å². The number of halogens is 1. The SMILES string of the molecule is O[C@@H]1[C@@H](O)[C@H](Cc2ccccc2)O[C@@H]2CO[C@H](c3ccc(Cl)cc3)O[C@@H]12. The lowest BCUT2D eigenvalue weighted by molar-refractivity contribution is -0.328. The van der Waals surface area contributed by atoms with Crippen LogP contribution < -0.4 is 0 Å². The Labute approximate surface area is 157 Å². The van der Waals surface area contributed by atoms with Crippen molar-refractivity contribution in [3.8, 4) is 0 Å². The van der Waals surface area contributed by atoms with Crippen molar-refractivity contribution in [2.24, 2.45) is 0 Å². The van der Waals surface area contributed by atoms with Gasteiger partial charge in [-0.2, -0.15) is 0 Å². The standard InChI is InChI=1S/C20H21ClO5/c21-14-8-6-13(7-9-14)20-24-11-16-19(26-20)18(23)17(22)15(25-16)10-12-4-2-1-3-5-12/h1-9,15-20,22-23H,10-11H2/t15-,16+,17-,18+,19+,20-/m0/s1. The molecule has 2 aliphatic heterocycles. The fourth-order valence-electron chi connectivity index (χ4n) is 3.49. The van der Waals surface area contributed by atoms with Crippen LogP contribution >= 0.6 is 11.6 Å². The molecule has 2 aromatic rings. The van der Waals surface area contributed by atoms with Gasteiger partial charge in [-0.1, -0.05) is 54.1 Å². The first kappa shape index (κ1) is 17.9. The zero-order valence-electron chi connectivity index (χ0n) is 14.1. The van der Waals surface area contributed by atoms with E-state index in [2.05, 4.69) is 0 Å². The van der Waals surface area contributed by atoms with Crippen LogP contribution in [0.25, 0.3) is 0 Å². The second-order valence-corrected chi connectivity index (χ2v) is 7.14. The highest BCUT2D eigenvalue weighted by Gasteiger charge is 2.48. The van der Waals surface area contributed by atoms with E-state index in [0.29, 0.717) is 11.4 Å². The summed E-state index contributed by atoms with van der Waals surface area (Å²) in [6, 6.07) is 16.9. The van der Waals surface area contributed by atoms with Gasteiger partial charge < -0.3 is 24.4 Å². The first-order valence-electron chi connectivity index (χ1n) is 8.70. The summed E-state index contributed by atoms with van der Waals surface area (Å²) in [7, 11) is 0. The molecule has 26 heavy (non-hydrogen) atoms. The molecule has 5 nitrogen and oxygen atoms in total. The molecule has 2 N–H and O–H groups in total. The average molecular weight is 377 g/mol. The van der Waals surface area contributed by atoms with Crippen LogP contribution in [0.2, 0.25) is 5.02 Å². The topological polar surface area (TPSA) is 68.2 Å². The summed E-state index contributed by atoms with van der Waals surface area (Å²) >= 11 is 5.91. The number of aliphatic hydroxyl groups excluding tert-OH is 2. The number of fused-ring (bicyclic) bond motifs is 1. The Morgan fingerprint density at radius 3 is 2.38 bits per heavy atom. The molecule has 0 saturated carbocycles. The Bertz CT molecular complexity index is 721. The van der Waals surface area contributed by atoms with E-state index in [-0.39, 0.29) is 6.61 Å². The predicted octanol–water partition coefficient (Wildman–Crippen LogP) is 2.49. The maximum absolute atomic E-state index is 10.6. The van der Waals surface area contributed by atoms with Crippen molar-refractivity contribution in [1.82, 2.24) is 0 Å². The van der Waals surface area contributed by atoms with Crippen LogP contribution in [0.5, 0.6) is 0 Å². The van der Waals surface area contributed by atoms with Crippen LogP contribution in [0.3, 0.4) is 0 Å². The molecular weight excluding hydrogens is 356 g/mol. The number of hydrogen-bond donors (Lipinski definition) is 2. The van der Waals surface area contributed by atoms with Crippen molar-refractivity contribution < 1.29 is 24.4 Å². The molecule has 6 atom stereocenters. The lowest BCUT2D eigenvalue weighted by Crippen LogP contribution is -2.62. The van der Waals surface area contributed by atoms with E-state index < -0.39 is 36.8 Å². The third kappa shape index (κ3) is 3.64. The predicted molar refractivity (Wildman–Crippen MR) is 95.8 cm³/mol. The second kappa shape index (κ2) is 7.64. The van der Waals surface area contributed by atoms with Gasteiger partial charge in [-0.05, 0) is 17.7 Å². The maximum Gasteiger partial charge on any atom is 0.184 e. The third-order valence-electron chi connectivity index (χ3n) is 4.90. The van der Waals surface area contributed by atoms with Gasteiger partial charge in [0.15, 0.2) is 6.29 Å². The molecule has 4 rings (SSSR count). The number of rotatable bonds is 3. The van der Waals surface area contributed by atoms with Crippen molar-refractivity contribution >= 4 is 11.6 Å². The monoisotopic (exact) mass is 376 g/mol. The molecule has 6 heteroatoms. The Hall–Kier alpha value is -1.47. The van der Waals surface area contributed by atoms with Gasteiger partial charge in [0.1, 0.15) is 24.4 Å². The van der Waals surface area contributed by atoms with Crippen molar-refractivity contribution in [1.29, 1.82) is 0 Å². The molecule has 2 aliphatic rings. The minimum absolute atomic E-state index is 0.285. The number of ether oxygens (including phenoxy) is 3. The Kier molecular flexibility index (Phi) is 5.27. The summed E-state index contributed by atoms with van der Waals surface area (Å²) in [5.41, 5.74) is 1.85. The molecule has 0 amide bonds. The quantitative estimate of drug-likeness (QED) is 0.861. The summed E-state index contributed by atoms with van der Waals surface area (Å²) in [5, 5.41) is 21.7. The molecule has 0 aromatic heterocycles. The third-order valence-corrected chi connectivity index (χ3v) is 5.15. The van der Waals surface area contributed by atoms with Gasteiger partial charge in [0.2, 0.25) is 0 Å². The Morgan fingerprint density at radius 2 is 1.65 bits per heavy atom. The van der Waals surface area contributed by atoms with E-state index in [4.69, 9.17) is 25.8 Å². The molecule has 0 aliphatic carbocycles. The number of aliphatic hydroxyl groups is 2. The number of benzene rings is 2. The highest BCUT2D eigenvalue weighted by molar-refractivity contribution is 6.30. The van der Waals surface area contributed by atoms with Crippen LogP contribution in [0.15, 0.2) is 54.6 Å². The van der Waals surface area contributed by atoms with Crippen molar-refractivity contribution in [3.63, 3.8) is 0 Å². The Morgan fingerprint density at radius 1 is 0.923 bits per heavy atom. The first-order chi connectivity index (χ1) is 12.6. The minimum atomic E-state index is -1.04. The summed E-state index contributed by atoms with van der Waals surface area (Å²) in [6.07, 6.45) is -3.75. The minimum Gasteiger partial charge on any atom is -0.388 e. The van der Waals surface area contributed by atoms with Gasteiger partial charge in [0, 0.05) is 17.0 Å². The normalized spacial score (nSPS) is 34.3. The highest BCUT2D eigenvalue weighted by atomic mass is 35.5. The lowest BCUT2D eigenvalue weighted by Gasteiger charge is -2.46. The van der Waals surface area contributed by atoms with Gasteiger partial charge in [-0.3, -0.25) is 0 Å². The molecule has 2 fully saturated rings. The van der Waals surface area contributed by atoms with E-state index in [1.165, 1.54) is 0 Å². The van der Waals surface area contributed by atoms with Crippen LogP contribution in [0, 0.1) is 0 Å². The average Bonchev–Trinajstić information content (AvgIpc) is 2.67. The van der Waals surface area contributed by atoms with Crippen molar-refractivity contribution in [3.05, 3.63) is 70.7 Å². The van der Waals surface area contributed by atoms with Gasteiger partial charge in [0.25, 0.3) is 0 Å². The van der Waals surface area contributed by atoms with Gasteiger partial charge in [-0.15, -0.1) is 0 Å². The number of hydrogen-bond acceptors (Lipinski definition) is 5. The molecule has 2 heterocycles. The van der Waals surface area contributed by atoms with E-state index in [1.54, 1.807) is 12.1 Å². The van der Waals surface area contributed by atoms with E-state index in [0.717, 1.165) is 11.1 Å². The molecular formula is C20H21ClO5. The molecule has 2 aromatic carbocycles. The lowest BCUT2D eigenvalue weighted by atomic mass is 9.91. The molecule has 0 spiro atoms. The zero-order valence-corrected chi connectivity index (χ0v) is 14.8. The summed E-state index contributed by atoms with van der Waals surface area (Å²) in [4.78, 5) is 0. The van der Waals surface area contributed by atoms with Crippen LogP contribution in [-0.4, -0.2) is 47.3 Å². The molecule has 2 saturated heterocycles. The van der Waals surface area contributed by atoms with Crippen LogP contribution in [0.4, 0.5) is 0 Å². The highest BCUT2D eigenvalue weighted by Crippen LogP contribution is 2.35. The van der Waals surface area contributed by atoms with E-state index >= 15 is 0 Å². The molecule has 0 bridgehead atoms. The van der Waals surface area contributed by atoms with Gasteiger partial charge in [-0.25, -0.2) is 0 Å². The first-order valence-corrected chi connectivity index (χ1v) is 9.07. The maximum atomic E-state index is 10.6. The fourth-order valence-corrected chi connectivity index (χ4v) is 3.62. The summed E-state index contributed by atoms with van der Waals surface area (Å²) in [6.45, 7) is 0.285. The Balaban J connectivity index is 1.45. The zero-order chi connectivity index (χ0) is 18.1. The smallest absolute Gasteiger partial charge is 0.184 e. The van der Waals surface area contributed by atoms with Crippen molar-refractivity contribution in [2.75, 3.05) is 6.61 Å². The molecule has 0 unspecified atom stereocenters. The van der Waals surface area contributed by atoms with Crippen LogP contribution in [0.1, 0.15) is 17.4 Å². The molecule has 0 radical (unpaired) electrons. The van der Waals surface area contributed by atoms with E-state index in [9.17, 15) is 10.2 Å². The van der Waals surface area contributed by atoms with E-state index in [1.807, 2.05) is 42.5 Å². The largest absolute Gasteiger partial charge is 0.388 e. The summed E-state index contributed by atoms with van der Waals surface area (Å²) in [5.74, 6) is 0. The van der Waals surface area contributed by atoms with Crippen molar-refractivity contribution in [2.45, 2.75) is 43.2 Å². The fraction of sp³-hybridized carbons (Fsp3) is 0.400. The van der Waals surface area contributed by atoms with Gasteiger partial charge >= 0.3 is 0 Å². The molecule has 138 valence electrons.